The molecule has 4 heterocycles. The molecule has 1 spiro atoms. The Morgan fingerprint density at radius 2 is 1.73 bits per heavy atom. The molecule has 10 nitrogen and oxygen atoms in total. The van der Waals surface area contributed by atoms with Gasteiger partial charge in [-0.1, -0.05) is 55.5 Å². The number of aliphatic hydroxyl groups excluding tert-OH is 1. The first kappa shape index (κ1) is 37.0. The first-order chi connectivity index (χ1) is 26.4. The molecule has 3 amide bonds. The summed E-state index contributed by atoms with van der Waals surface area (Å²) in [5, 5.41) is 12.1. The van der Waals surface area contributed by atoms with Gasteiger partial charge in [-0.05, 0) is 79.2 Å². The van der Waals surface area contributed by atoms with Crippen molar-refractivity contribution in [2.75, 3.05) is 30.1 Å². The number of methoxy groups -OCH3 is 1. The number of unbranched alkanes of at least 4 members (excludes halogenated alkanes) is 1. The normalized spacial score (nSPS) is 24.2. The van der Waals surface area contributed by atoms with Crippen LogP contribution in [-0.2, 0) is 42.4 Å². The molecule has 5 atom stereocenters. The summed E-state index contributed by atoms with van der Waals surface area (Å²) in [7, 11) is -2.28. The Labute approximate surface area is 321 Å². The summed E-state index contributed by atoms with van der Waals surface area (Å²) in [6.45, 7) is 5.43. The molecule has 4 aliphatic rings. The van der Waals surface area contributed by atoms with Crippen LogP contribution in [0.3, 0.4) is 0 Å². The molecular formula is C43H46FN3O7Si. The first-order valence-corrected chi connectivity index (χ1v) is 22.1. The molecule has 0 saturated carbocycles. The second-order valence-corrected chi connectivity index (χ2v) is 19.6. The molecule has 1 fully saturated rings. The number of esters is 1. The van der Waals surface area contributed by atoms with Crippen molar-refractivity contribution in [1.82, 2.24) is 4.90 Å². The summed E-state index contributed by atoms with van der Waals surface area (Å²) in [4.78, 5) is 60.2. The molecule has 4 aromatic rings. The van der Waals surface area contributed by atoms with Gasteiger partial charge in [0.1, 0.15) is 0 Å². The van der Waals surface area contributed by atoms with Crippen LogP contribution in [0.4, 0.5) is 21.2 Å². The highest BCUT2D eigenvalue weighted by atomic mass is 28.4. The Kier molecular flexibility index (Phi) is 9.42. The van der Waals surface area contributed by atoms with Crippen LogP contribution < -0.4 is 9.80 Å². The van der Waals surface area contributed by atoms with Gasteiger partial charge in [0.25, 0.3) is 11.8 Å². The van der Waals surface area contributed by atoms with Gasteiger partial charge in [-0.25, -0.2) is 0 Å². The molecule has 1 N–H and O–H groups in total. The third kappa shape index (κ3) is 5.96. The van der Waals surface area contributed by atoms with Gasteiger partial charge in [-0.15, -0.1) is 0 Å². The summed E-state index contributed by atoms with van der Waals surface area (Å²) in [5.41, 5.74) is 2.71. The van der Waals surface area contributed by atoms with E-state index in [1.54, 1.807) is 27.8 Å². The molecule has 1 saturated heterocycles. The molecule has 286 valence electrons. The van der Waals surface area contributed by atoms with E-state index in [4.69, 9.17) is 9.47 Å². The quantitative estimate of drug-likeness (QED) is 0.0806. The number of hydrogen-bond donors (Lipinski definition) is 1. The van der Waals surface area contributed by atoms with Crippen molar-refractivity contribution in [1.29, 1.82) is 0 Å². The molecule has 0 aliphatic carbocycles. The first-order valence-electron chi connectivity index (χ1n) is 19.1. The van der Waals surface area contributed by atoms with Crippen molar-refractivity contribution in [3.05, 3.63) is 101 Å². The highest BCUT2D eigenvalue weighted by molar-refractivity contribution is 6.72. The molecule has 8 rings (SSSR count). The number of anilines is 3. The van der Waals surface area contributed by atoms with Crippen molar-refractivity contribution in [3.8, 4) is 0 Å². The summed E-state index contributed by atoms with van der Waals surface area (Å²) >= 11 is 0. The fraction of sp³-hybridized carbons (Fsp3) is 0.395. The second kappa shape index (κ2) is 14.0. The van der Waals surface area contributed by atoms with Gasteiger partial charge >= 0.3 is 5.97 Å². The number of amides is 3. The number of benzene rings is 4. The average molecular weight is 764 g/mol. The van der Waals surface area contributed by atoms with Crippen LogP contribution in [0.15, 0.2) is 78.9 Å². The van der Waals surface area contributed by atoms with E-state index in [9.17, 15) is 19.5 Å². The Morgan fingerprint density at radius 1 is 0.982 bits per heavy atom. The fourth-order valence-corrected chi connectivity index (χ4v) is 12.2. The highest BCUT2D eigenvalue weighted by Gasteiger charge is 2.67. The topological polar surface area (TPSA) is 117 Å². The average Bonchev–Trinajstić information content (AvgIpc) is 3.73. The molecule has 55 heavy (non-hydrogen) atoms. The minimum absolute atomic E-state index is 0.154. The lowest BCUT2D eigenvalue weighted by Crippen LogP contribution is -2.48. The van der Waals surface area contributed by atoms with Crippen LogP contribution in [0.5, 0.6) is 0 Å². The lowest BCUT2D eigenvalue weighted by Gasteiger charge is -2.37. The van der Waals surface area contributed by atoms with E-state index in [-0.39, 0.29) is 49.7 Å². The molecule has 0 bridgehead atoms. The van der Waals surface area contributed by atoms with E-state index >= 15 is 8.90 Å². The number of fused-ring (bicyclic) bond motifs is 3. The van der Waals surface area contributed by atoms with Crippen LogP contribution in [-0.4, -0.2) is 74.5 Å². The Morgan fingerprint density at radius 3 is 2.45 bits per heavy atom. The predicted octanol–water partition coefficient (Wildman–Crippen LogP) is 6.93. The minimum Gasteiger partial charge on any atom is -0.469 e. The number of ether oxygens (including phenoxy) is 2. The van der Waals surface area contributed by atoms with Gasteiger partial charge in [0.15, 0.2) is 5.60 Å². The standard InChI is InChI=1S/C43H46FN3O7Si/c1-26-40(55(3,4)44)36(23-37(49)46-24-29-12-6-5-11-28(29)21-31(46)25-48)54-43(26)33-22-30(18-19-34(33)45(42(43)52)20-8-7-17-38(50)53-2)47-35-16-10-14-27-13-9-15-32(39(27)35)41(47)51/h5-6,9-16,18-19,22,26,31,36,40,48H,7-8,17,20-21,23-25H2,1-4H3/t26-,31+,36+,40-,43+/m1/s1. The third-order valence-electron chi connectivity index (χ3n) is 12.3. The van der Waals surface area contributed by atoms with Crippen molar-refractivity contribution in [3.63, 3.8) is 0 Å². The van der Waals surface area contributed by atoms with Gasteiger partial charge in [-0.3, -0.25) is 24.1 Å². The zero-order valence-corrected chi connectivity index (χ0v) is 32.6. The van der Waals surface area contributed by atoms with E-state index in [0.717, 1.165) is 27.6 Å². The molecule has 4 aliphatic heterocycles. The number of rotatable bonds is 10. The van der Waals surface area contributed by atoms with Gasteiger partial charge < -0.3 is 28.5 Å². The number of hydrogen-bond acceptors (Lipinski definition) is 7. The molecule has 0 unspecified atom stereocenters. The minimum atomic E-state index is -3.62. The Balaban J connectivity index is 1.18. The van der Waals surface area contributed by atoms with Gasteiger partial charge in [0.2, 0.25) is 14.3 Å². The summed E-state index contributed by atoms with van der Waals surface area (Å²) < 4.78 is 28.5. The van der Waals surface area contributed by atoms with Crippen LogP contribution in [0.25, 0.3) is 10.8 Å². The van der Waals surface area contributed by atoms with Crippen molar-refractivity contribution in [2.45, 2.75) is 82.0 Å². The van der Waals surface area contributed by atoms with Crippen molar-refractivity contribution in [2.24, 2.45) is 5.92 Å². The van der Waals surface area contributed by atoms with Crippen LogP contribution >= 0.6 is 0 Å². The lowest BCUT2D eigenvalue weighted by molar-refractivity contribution is -0.151. The van der Waals surface area contributed by atoms with Crippen LogP contribution in [0, 0.1) is 5.92 Å². The lowest BCUT2D eigenvalue weighted by atomic mass is 9.82. The number of aliphatic hydroxyl groups is 1. The van der Waals surface area contributed by atoms with Crippen LogP contribution in [0.1, 0.15) is 59.7 Å². The Hall–Kier alpha value is -4.91. The van der Waals surface area contributed by atoms with E-state index in [0.29, 0.717) is 48.3 Å². The molecule has 4 aromatic carbocycles. The largest absolute Gasteiger partial charge is 0.469 e. The number of carbonyl (C=O) groups is 4. The highest BCUT2D eigenvalue weighted by Crippen LogP contribution is 2.61. The molecule has 0 aromatic heterocycles. The molecular weight excluding hydrogens is 718 g/mol. The zero-order valence-electron chi connectivity index (χ0n) is 31.6. The second-order valence-electron chi connectivity index (χ2n) is 15.8. The van der Waals surface area contributed by atoms with Crippen molar-refractivity contribution < 1.29 is 37.9 Å². The maximum Gasteiger partial charge on any atom is 0.305 e. The Bertz CT molecular complexity index is 2220. The fourth-order valence-electron chi connectivity index (χ4n) is 9.74. The number of nitrogens with zero attached hydrogens (tertiary/aromatic N) is 3. The van der Waals surface area contributed by atoms with Gasteiger partial charge in [-0.2, -0.15) is 0 Å². The number of carbonyl (C=O) groups excluding carboxylic acids is 4. The zero-order chi connectivity index (χ0) is 38.8. The molecule has 12 heteroatoms. The summed E-state index contributed by atoms with van der Waals surface area (Å²) in [6, 6.07) is 24.3. The maximum atomic E-state index is 16.7. The van der Waals surface area contributed by atoms with Crippen molar-refractivity contribution >= 4 is 59.9 Å². The third-order valence-corrected chi connectivity index (χ3v) is 14.7. The van der Waals surface area contributed by atoms with E-state index in [1.165, 1.54) is 7.11 Å². The smallest absolute Gasteiger partial charge is 0.305 e. The maximum absolute atomic E-state index is 16.7. The SMILES string of the molecule is COC(=O)CCCCN1C(=O)[C@@]2(O[C@@H](CC(=O)N3Cc4ccccc4C[C@H]3CO)[C@H]([Si](C)(C)F)[C@H]2C)c2cc(N3C(=O)c4cccc5cccc3c45)ccc21. The monoisotopic (exact) mass is 763 g/mol. The molecule has 0 radical (unpaired) electrons. The number of halogens is 1. The van der Waals surface area contributed by atoms with E-state index in [1.807, 2.05) is 85.8 Å². The van der Waals surface area contributed by atoms with Crippen LogP contribution in [0.2, 0.25) is 18.6 Å². The van der Waals surface area contributed by atoms with E-state index < -0.39 is 37.6 Å². The van der Waals surface area contributed by atoms with E-state index in [2.05, 4.69) is 0 Å². The summed E-state index contributed by atoms with van der Waals surface area (Å²) in [5.74, 6) is -1.80. The predicted molar refractivity (Wildman–Crippen MR) is 209 cm³/mol. The van der Waals surface area contributed by atoms with Gasteiger partial charge in [0, 0.05) is 47.6 Å². The van der Waals surface area contributed by atoms with Gasteiger partial charge in [0.05, 0.1) is 49.2 Å². The summed E-state index contributed by atoms with van der Waals surface area (Å²) in [6.07, 6.45) is 0.629.